The quantitative estimate of drug-likeness (QED) is 0.727. The number of aromatic hydroxyl groups is 1. The lowest BCUT2D eigenvalue weighted by atomic mass is 10.1. The number of benzene rings is 2. The molecule has 0 bridgehead atoms. The number of carbonyl (C=O) groups is 1. The fourth-order valence-electron chi connectivity index (χ4n) is 1.82. The van der Waals surface area contributed by atoms with Crippen LogP contribution in [0.1, 0.15) is 6.92 Å². The lowest BCUT2D eigenvalue weighted by Crippen LogP contribution is -2.08. The van der Waals surface area contributed by atoms with Crippen molar-refractivity contribution in [3.63, 3.8) is 0 Å². The molecule has 2 rings (SSSR count). The van der Waals surface area contributed by atoms with E-state index in [0.29, 0.717) is 10.8 Å². The average molecular weight is 281 g/mol. The van der Waals surface area contributed by atoms with Crippen LogP contribution in [0.2, 0.25) is 0 Å². The Morgan fingerprint density at radius 1 is 1.26 bits per heavy atom. The van der Waals surface area contributed by atoms with Crippen molar-refractivity contribution < 1.29 is 22.9 Å². The molecule has 0 aliphatic heterocycles. The van der Waals surface area contributed by atoms with Crippen molar-refractivity contribution in [3.05, 3.63) is 30.3 Å². The third-order valence-corrected chi connectivity index (χ3v) is 3.37. The van der Waals surface area contributed by atoms with E-state index in [4.69, 9.17) is 4.55 Å². The van der Waals surface area contributed by atoms with Gasteiger partial charge in [0.25, 0.3) is 10.1 Å². The normalized spacial score (nSPS) is 11.5. The third-order valence-electron chi connectivity index (χ3n) is 2.54. The highest BCUT2D eigenvalue weighted by atomic mass is 32.2. The molecular weight excluding hydrogens is 270 g/mol. The van der Waals surface area contributed by atoms with E-state index >= 15 is 0 Å². The van der Waals surface area contributed by atoms with E-state index in [1.54, 1.807) is 6.07 Å². The van der Waals surface area contributed by atoms with Crippen LogP contribution in [0.5, 0.6) is 5.75 Å². The number of hydrogen-bond acceptors (Lipinski definition) is 4. The molecule has 0 atom stereocenters. The molecule has 7 heteroatoms. The van der Waals surface area contributed by atoms with Crippen LogP contribution in [-0.2, 0) is 14.9 Å². The van der Waals surface area contributed by atoms with Gasteiger partial charge >= 0.3 is 0 Å². The second kappa shape index (κ2) is 4.52. The summed E-state index contributed by atoms with van der Waals surface area (Å²) in [5.74, 6) is -0.514. The molecule has 6 nitrogen and oxygen atoms in total. The van der Waals surface area contributed by atoms with Crippen molar-refractivity contribution in [1.82, 2.24) is 0 Å². The van der Waals surface area contributed by atoms with Crippen LogP contribution in [0.25, 0.3) is 10.8 Å². The minimum absolute atomic E-state index is 0.0943. The summed E-state index contributed by atoms with van der Waals surface area (Å²) in [6.07, 6.45) is 0. The minimum atomic E-state index is -4.40. The molecule has 19 heavy (non-hydrogen) atoms. The van der Waals surface area contributed by atoms with Gasteiger partial charge in [0.05, 0.1) is 10.6 Å². The molecule has 0 aliphatic rings. The third kappa shape index (κ3) is 2.67. The summed E-state index contributed by atoms with van der Waals surface area (Å²) in [6.45, 7) is 1.26. The Labute approximate surface area is 109 Å². The summed E-state index contributed by atoms with van der Waals surface area (Å²) >= 11 is 0. The van der Waals surface area contributed by atoms with Gasteiger partial charge in [-0.25, -0.2) is 0 Å². The molecule has 0 fully saturated rings. The second-order valence-electron chi connectivity index (χ2n) is 4.00. The first-order chi connectivity index (χ1) is 8.79. The van der Waals surface area contributed by atoms with Crippen molar-refractivity contribution in [1.29, 1.82) is 0 Å². The SMILES string of the molecule is CC(=O)Nc1cc(S(=O)(=O)O)cc2cccc(O)c12. The van der Waals surface area contributed by atoms with Gasteiger partial charge in [-0.1, -0.05) is 12.1 Å². The first-order valence-electron chi connectivity index (χ1n) is 5.30. The maximum absolute atomic E-state index is 11.2. The summed E-state index contributed by atoms with van der Waals surface area (Å²) < 4.78 is 31.4. The molecule has 0 radical (unpaired) electrons. The van der Waals surface area contributed by atoms with Gasteiger partial charge in [0.2, 0.25) is 5.91 Å². The van der Waals surface area contributed by atoms with Crippen molar-refractivity contribution in [2.45, 2.75) is 11.8 Å². The molecule has 3 N–H and O–H groups in total. The smallest absolute Gasteiger partial charge is 0.294 e. The molecule has 0 aromatic heterocycles. The zero-order valence-electron chi connectivity index (χ0n) is 9.91. The summed E-state index contributed by atoms with van der Waals surface area (Å²) in [4.78, 5) is 10.8. The maximum atomic E-state index is 11.2. The maximum Gasteiger partial charge on any atom is 0.294 e. The first-order valence-corrected chi connectivity index (χ1v) is 6.74. The molecule has 0 heterocycles. The number of fused-ring (bicyclic) bond motifs is 1. The Kier molecular flexibility index (Phi) is 3.17. The molecule has 1 amide bonds. The molecule has 0 saturated carbocycles. The molecule has 0 spiro atoms. The lowest BCUT2D eigenvalue weighted by Gasteiger charge is -2.10. The summed E-state index contributed by atoms with van der Waals surface area (Å²) in [7, 11) is -4.40. The van der Waals surface area contributed by atoms with Crippen LogP contribution in [0.3, 0.4) is 0 Å². The number of amides is 1. The van der Waals surface area contributed by atoms with Crippen LogP contribution < -0.4 is 5.32 Å². The molecule has 2 aromatic carbocycles. The number of phenols is 1. The average Bonchev–Trinajstić information content (AvgIpc) is 2.26. The van der Waals surface area contributed by atoms with Crippen LogP contribution in [0.4, 0.5) is 5.69 Å². The van der Waals surface area contributed by atoms with E-state index in [1.807, 2.05) is 0 Å². The van der Waals surface area contributed by atoms with E-state index in [0.717, 1.165) is 6.07 Å². The predicted molar refractivity (Wildman–Crippen MR) is 69.7 cm³/mol. The number of rotatable bonds is 2. The van der Waals surface area contributed by atoms with E-state index in [1.165, 1.54) is 25.1 Å². The van der Waals surface area contributed by atoms with Gasteiger partial charge in [-0.05, 0) is 23.6 Å². The molecule has 100 valence electrons. The summed E-state index contributed by atoms with van der Waals surface area (Å²) in [5, 5.41) is 12.9. The topological polar surface area (TPSA) is 104 Å². The zero-order chi connectivity index (χ0) is 14.2. The Morgan fingerprint density at radius 3 is 2.53 bits per heavy atom. The highest BCUT2D eigenvalue weighted by Gasteiger charge is 2.15. The second-order valence-corrected chi connectivity index (χ2v) is 5.42. The minimum Gasteiger partial charge on any atom is -0.507 e. The van der Waals surface area contributed by atoms with Crippen molar-refractivity contribution >= 4 is 32.5 Å². The number of carbonyl (C=O) groups excluding carboxylic acids is 1. The van der Waals surface area contributed by atoms with Crippen LogP contribution in [0.15, 0.2) is 35.2 Å². The molecule has 2 aromatic rings. The van der Waals surface area contributed by atoms with E-state index in [9.17, 15) is 18.3 Å². The fraction of sp³-hybridized carbons (Fsp3) is 0.0833. The van der Waals surface area contributed by atoms with Crippen LogP contribution in [0, 0.1) is 0 Å². The number of anilines is 1. The number of phenolic OH excluding ortho intramolecular Hbond substituents is 1. The molecule has 0 aliphatic carbocycles. The van der Waals surface area contributed by atoms with Gasteiger partial charge in [-0.15, -0.1) is 0 Å². The van der Waals surface area contributed by atoms with Crippen molar-refractivity contribution in [2.24, 2.45) is 0 Å². The molecule has 0 saturated heterocycles. The molecular formula is C12H11NO5S. The van der Waals surface area contributed by atoms with E-state index < -0.39 is 16.0 Å². The Morgan fingerprint density at radius 2 is 1.95 bits per heavy atom. The molecule has 0 unspecified atom stereocenters. The highest BCUT2D eigenvalue weighted by molar-refractivity contribution is 7.85. The highest BCUT2D eigenvalue weighted by Crippen LogP contribution is 2.34. The van der Waals surface area contributed by atoms with Crippen LogP contribution in [-0.4, -0.2) is 24.0 Å². The van der Waals surface area contributed by atoms with Gasteiger partial charge < -0.3 is 10.4 Å². The van der Waals surface area contributed by atoms with Gasteiger partial charge in [-0.3, -0.25) is 9.35 Å². The van der Waals surface area contributed by atoms with Crippen LogP contribution >= 0.6 is 0 Å². The standard InChI is InChI=1S/C12H11NO5S/c1-7(14)13-10-6-9(19(16,17)18)5-8-3-2-4-11(15)12(8)10/h2-6,15H,1H3,(H,13,14)(H,16,17,18). The van der Waals surface area contributed by atoms with Gasteiger partial charge in [0.1, 0.15) is 5.75 Å². The Bertz CT molecular complexity index is 767. The zero-order valence-corrected chi connectivity index (χ0v) is 10.7. The number of nitrogens with one attached hydrogen (secondary N) is 1. The Hall–Kier alpha value is -2.12. The predicted octanol–water partition coefficient (Wildman–Crippen LogP) is 1.75. The monoisotopic (exact) mass is 281 g/mol. The van der Waals surface area contributed by atoms with E-state index in [2.05, 4.69) is 5.32 Å². The summed E-state index contributed by atoms with van der Waals surface area (Å²) in [6, 6.07) is 6.83. The van der Waals surface area contributed by atoms with Crippen molar-refractivity contribution in [3.8, 4) is 5.75 Å². The summed E-state index contributed by atoms with van der Waals surface area (Å²) in [5.41, 5.74) is 0.121. The lowest BCUT2D eigenvalue weighted by molar-refractivity contribution is -0.114. The van der Waals surface area contributed by atoms with Gasteiger partial charge in [0.15, 0.2) is 0 Å². The van der Waals surface area contributed by atoms with Gasteiger partial charge in [-0.2, -0.15) is 8.42 Å². The Balaban J connectivity index is 2.84. The fourth-order valence-corrected chi connectivity index (χ4v) is 2.36. The first kappa shape index (κ1) is 13.3. The largest absolute Gasteiger partial charge is 0.507 e. The number of hydrogen-bond donors (Lipinski definition) is 3. The van der Waals surface area contributed by atoms with E-state index in [-0.39, 0.29) is 16.3 Å². The van der Waals surface area contributed by atoms with Gasteiger partial charge in [0, 0.05) is 12.3 Å². The van der Waals surface area contributed by atoms with Crippen molar-refractivity contribution in [2.75, 3.05) is 5.32 Å².